The molecular weight excluding hydrogens is 145 g/mol. The fourth-order valence-electron chi connectivity index (χ4n) is 0.783. The highest BCUT2D eigenvalue weighted by molar-refractivity contribution is 6.59. The summed E-state index contributed by atoms with van der Waals surface area (Å²) in [6.45, 7) is 0. The number of aryl methyl sites for hydroxylation is 1. The van der Waals surface area contributed by atoms with Gasteiger partial charge in [-0.1, -0.05) is 0 Å². The van der Waals surface area contributed by atoms with Crippen molar-refractivity contribution in [3.63, 3.8) is 0 Å². The molecule has 0 aliphatic heterocycles. The first-order valence-electron chi connectivity index (χ1n) is 2.95. The normalized spacial score (nSPS) is 9.27. The van der Waals surface area contributed by atoms with E-state index in [1.807, 2.05) is 0 Å². The summed E-state index contributed by atoms with van der Waals surface area (Å²) in [4.78, 5) is 0. The smallest absolute Gasteiger partial charge is 0.423 e. The number of nitriles is 1. The Kier molecular flexibility index (Phi) is 1.94. The predicted octanol–water partition coefficient (Wildman–Crippen LogP) is -2.03. The maximum atomic E-state index is 8.70. The van der Waals surface area contributed by atoms with E-state index in [-0.39, 0.29) is 11.2 Å². The lowest BCUT2D eigenvalue weighted by atomic mass is 9.81. The molecule has 56 valence electrons. The van der Waals surface area contributed by atoms with Crippen LogP contribution in [0.3, 0.4) is 0 Å². The molecule has 0 aromatic carbocycles. The highest BCUT2D eigenvalue weighted by Crippen LogP contribution is 1.88. The Hall–Kier alpha value is -1.32. The maximum absolute atomic E-state index is 8.70. The van der Waals surface area contributed by atoms with Gasteiger partial charge in [-0.3, -0.25) is 4.68 Å². The predicted molar refractivity (Wildman–Crippen MR) is 37.7 cm³/mol. The van der Waals surface area contributed by atoms with Gasteiger partial charge in [0.2, 0.25) is 0 Å². The molecule has 0 aliphatic rings. The molecule has 5 nitrogen and oxygen atoms in total. The standard InChI is InChI=1S/C5H6BN3O2/c1-9-3-4(6(10)11)5(2-7)8-9/h3,10-11H,1H3. The molecule has 0 saturated heterocycles. The van der Waals surface area contributed by atoms with Gasteiger partial charge in [-0.2, -0.15) is 10.4 Å². The molecule has 11 heavy (non-hydrogen) atoms. The summed E-state index contributed by atoms with van der Waals surface area (Å²) in [6, 6.07) is 1.75. The molecule has 0 saturated carbocycles. The number of hydrogen-bond acceptors (Lipinski definition) is 4. The molecule has 0 aliphatic carbocycles. The van der Waals surface area contributed by atoms with Crippen LogP contribution < -0.4 is 5.46 Å². The molecule has 1 aromatic heterocycles. The number of nitrogens with zero attached hydrogens (tertiary/aromatic N) is 3. The first-order chi connectivity index (χ1) is 5.15. The van der Waals surface area contributed by atoms with Crippen LogP contribution in [-0.2, 0) is 7.05 Å². The van der Waals surface area contributed by atoms with Gasteiger partial charge in [-0.25, -0.2) is 0 Å². The van der Waals surface area contributed by atoms with E-state index in [0.29, 0.717) is 0 Å². The second-order valence-corrected chi connectivity index (χ2v) is 2.09. The Labute approximate surface area is 63.6 Å². The van der Waals surface area contributed by atoms with Crippen molar-refractivity contribution in [3.8, 4) is 6.07 Å². The van der Waals surface area contributed by atoms with Gasteiger partial charge in [0.05, 0.1) is 0 Å². The lowest BCUT2D eigenvalue weighted by Gasteiger charge is -1.89. The summed E-state index contributed by atoms with van der Waals surface area (Å²) < 4.78 is 1.35. The molecule has 0 bridgehead atoms. The molecule has 0 unspecified atom stereocenters. The molecule has 1 heterocycles. The van der Waals surface area contributed by atoms with Crippen LogP contribution in [0, 0.1) is 11.3 Å². The van der Waals surface area contributed by atoms with Crippen molar-refractivity contribution in [2.45, 2.75) is 0 Å². The topological polar surface area (TPSA) is 82.1 Å². The molecule has 6 heteroatoms. The minimum atomic E-state index is -1.63. The zero-order valence-corrected chi connectivity index (χ0v) is 5.89. The van der Waals surface area contributed by atoms with Crippen molar-refractivity contribution in [1.82, 2.24) is 9.78 Å². The Morgan fingerprint density at radius 2 is 2.36 bits per heavy atom. The van der Waals surface area contributed by atoms with Crippen LogP contribution >= 0.6 is 0 Å². The van der Waals surface area contributed by atoms with E-state index in [2.05, 4.69) is 5.10 Å². The van der Waals surface area contributed by atoms with Gasteiger partial charge in [-0.15, -0.1) is 0 Å². The van der Waals surface area contributed by atoms with Crippen LogP contribution in [-0.4, -0.2) is 26.9 Å². The Morgan fingerprint density at radius 3 is 2.73 bits per heavy atom. The number of rotatable bonds is 1. The molecule has 0 spiro atoms. The summed E-state index contributed by atoms with van der Waals surface area (Å²) in [5, 5.41) is 29.5. The van der Waals surface area contributed by atoms with E-state index in [1.165, 1.54) is 10.9 Å². The van der Waals surface area contributed by atoms with Crippen LogP contribution in [0.25, 0.3) is 0 Å². The van der Waals surface area contributed by atoms with Crippen molar-refractivity contribution in [3.05, 3.63) is 11.9 Å². The van der Waals surface area contributed by atoms with Crippen LogP contribution in [0.4, 0.5) is 0 Å². The third-order valence-electron chi connectivity index (χ3n) is 1.24. The second-order valence-electron chi connectivity index (χ2n) is 2.09. The number of aromatic nitrogens is 2. The largest absolute Gasteiger partial charge is 0.493 e. The molecule has 0 fully saturated rings. The SMILES string of the molecule is Cn1cc(B(O)O)c(C#N)n1. The molecule has 0 amide bonds. The Morgan fingerprint density at radius 1 is 1.73 bits per heavy atom. The molecule has 0 radical (unpaired) electrons. The lowest BCUT2D eigenvalue weighted by Crippen LogP contribution is -2.30. The van der Waals surface area contributed by atoms with E-state index < -0.39 is 7.12 Å². The van der Waals surface area contributed by atoms with Gasteiger partial charge in [0, 0.05) is 18.7 Å². The van der Waals surface area contributed by atoms with Gasteiger partial charge in [0.15, 0.2) is 5.69 Å². The summed E-state index contributed by atoms with van der Waals surface area (Å²) in [7, 11) is -0.0226. The van der Waals surface area contributed by atoms with Crippen molar-refractivity contribution in [2.75, 3.05) is 0 Å². The molecule has 1 rings (SSSR count). The monoisotopic (exact) mass is 151 g/mol. The second kappa shape index (κ2) is 2.74. The van der Waals surface area contributed by atoms with E-state index in [4.69, 9.17) is 15.3 Å². The van der Waals surface area contributed by atoms with Gasteiger partial charge >= 0.3 is 7.12 Å². The molecular formula is C5H6BN3O2. The Bertz CT molecular complexity index is 301. The quantitative estimate of drug-likeness (QED) is 0.453. The van der Waals surface area contributed by atoms with Crippen molar-refractivity contribution in [1.29, 1.82) is 5.26 Å². The fraction of sp³-hybridized carbons (Fsp3) is 0.200. The summed E-state index contributed by atoms with van der Waals surface area (Å²) in [5.74, 6) is 0. The highest BCUT2D eigenvalue weighted by Gasteiger charge is 2.18. The zero-order chi connectivity index (χ0) is 8.43. The lowest BCUT2D eigenvalue weighted by molar-refractivity contribution is 0.425. The average Bonchev–Trinajstić information content (AvgIpc) is 2.30. The third kappa shape index (κ3) is 1.39. The van der Waals surface area contributed by atoms with Crippen LogP contribution in [0.15, 0.2) is 6.20 Å². The fourth-order valence-corrected chi connectivity index (χ4v) is 0.783. The highest BCUT2D eigenvalue weighted by atomic mass is 16.4. The van der Waals surface area contributed by atoms with Gasteiger partial charge in [0.25, 0.3) is 0 Å². The van der Waals surface area contributed by atoms with Crippen LogP contribution in [0.2, 0.25) is 0 Å². The molecule has 1 aromatic rings. The minimum Gasteiger partial charge on any atom is -0.423 e. The van der Waals surface area contributed by atoms with Gasteiger partial charge < -0.3 is 10.0 Å². The first kappa shape index (κ1) is 7.79. The van der Waals surface area contributed by atoms with E-state index in [9.17, 15) is 0 Å². The summed E-state index contributed by atoms with van der Waals surface area (Å²) >= 11 is 0. The zero-order valence-electron chi connectivity index (χ0n) is 5.89. The van der Waals surface area contributed by atoms with Crippen LogP contribution in [0.5, 0.6) is 0 Å². The van der Waals surface area contributed by atoms with Crippen molar-refractivity contribution in [2.24, 2.45) is 7.05 Å². The average molecular weight is 151 g/mol. The van der Waals surface area contributed by atoms with Crippen molar-refractivity contribution < 1.29 is 10.0 Å². The van der Waals surface area contributed by atoms with Crippen LogP contribution in [0.1, 0.15) is 5.69 Å². The van der Waals surface area contributed by atoms with Crippen molar-refractivity contribution >= 4 is 12.6 Å². The number of hydrogen-bond donors (Lipinski definition) is 2. The third-order valence-corrected chi connectivity index (χ3v) is 1.24. The summed E-state index contributed by atoms with van der Waals surface area (Å²) in [5.41, 5.74) is 0.178. The van der Waals surface area contributed by atoms with Gasteiger partial charge in [0.1, 0.15) is 6.07 Å². The summed E-state index contributed by atoms with van der Waals surface area (Å²) in [6.07, 6.45) is 1.39. The molecule has 0 atom stereocenters. The minimum absolute atomic E-state index is 0.0440. The molecule has 2 N–H and O–H groups in total. The van der Waals surface area contributed by atoms with E-state index in [1.54, 1.807) is 13.1 Å². The van der Waals surface area contributed by atoms with Gasteiger partial charge in [-0.05, 0) is 0 Å². The first-order valence-corrected chi connectivity index (χ1v) is 2.95. The van der Waals surface area contributed by atoms with E-state index >= 15 is 0 Å². The maximum Gasteiger partial charge on any atom is 0.493 e. The van der Waals surface area contributed by atoms with E-state index in [0.717, 1.165) is 0 Å². The Balaban J connectivity index is 3.15.